The van der Waals surface area contributed by atoms with E-state index >= 15 is 0 Å². The summed E-state index contributed by atoms with van der Waals surface area (Å²) in [4.78, 5) is 25.8. The van der Waals surface area contributed by atoms with Gasteiger partial charge in [-0.3, -0.25) is 4.79 Å². The van der Waals surface area contributed by atoms with E-state index in [4.69, 9.17) is 23.2 Å². The minimum absolute atomic E-state index is 0.0686. The van der Waals surface area contributed by atoms with Crippen LogP contribution in [0.15, 0.2) is 66.7 Å². The Bertz CT molecular complexity index is 1500. The molecule has 3 aromatic carbocycles. The lowest BCUT2D eigenvalue weighted by molar-refractivity contribution is 0.102. The summed E-state index contributed by atoms with van der Waals surface area (Å²) < 4.78 is 14.8. The molecule has 0 radical (unpaired) electrons. The maximum atomic E-state index is 13.5. The average Bonchev–Trinajstić information content (AvgIpc) is 3.62. The normalized spacial score (nSPS) is 12.8. The van der Waals surface area contributed by atoms with Crippen LogP contribution in [0.5, 0.6) is 5.75 Å². The van der Waals surface area contributed by atoms with E-state index in [0.29, 0.717) is 28.2 Å². The number of aromatic hydroxyl groups is 1. The molecular formula is C27H21Cl2FN4O3. The van der Waals surface area contributed by atoms with Gasteiger partial charge in [0.1, 0.15) is 11.6 Å². The molecule has 5 rings (SSSR count). The number of phenols is 1. The lowest BCUT2D eigenvalue weighted by Gasteiger charge is -2.10. The zero-order chi connectivity index (χ0) is 26.1. The van der Waals surface area contributed by atoms with Crippen molar-refractivity contribution in [2.75, 3.05) is 5.32 Å². The highest BCUT2D eigenvalue weighted by molar-refractivity contribution is 6.40. The number of phenolic OH excluding ortho intramolecular Hbond substituents is 1. The lowest BCUT2D eigenvalue weighted by atomic mass is 10.1. The summed E-state index contributed by atoms with van der Waals surface area (Å²) in [5, 5.41) is 20.9. The molecule has 2 amide bonds. The quantitative estimate of drug-likeness (QED) is 0.241. The third-order valence-corrected chi connectivity index (χ3v) is 6.61. The van der Waals surface area contributed by atoms with Crippen LogP contribution < -0.4 is 10.6 Å². The van der Waals surface area contributed by atoms with Gasteiger partial charge in [0.15, 0.2) is 0 Å². The Labute approximate surface area is 221 Å². The first-order chi connectivity index (χ1) is 17.8. The third kappa shape index (κ3) is 5.45. The topological polar surface area (TPSA) is 96.2 Å². The van der Waals surface area contributed by atoms with Gasteiger partial charge in [-0.15, -0.1) is 0 Å². The number of nitrogens with one attached hydrogen (secondary N) is 2. The van der Waals surface area contributed by atoms with Crippen molar-refractivity contribution in [1.29, 1.82) is 0 Å². The van der Waals surface area contributed by atoms with Crippen LogP contribution in [-0.4, -0.2) is 26.8 Å². The SMILES string of the molecule is O=C(Nc1ccc(O)c(-c2cc(C3CC3)n(C(=O)NCc3cccc(F)c3)n2)c1)c1c(Cl)cccc1Cl. The zero-order valence-corrected chi connectivity index (χ0v) is 20.9. The summed E-state index contributed by atoms with van der Waals surface area (Å²) in [6, 6.07) is 16.6. The highest BCUT2D eigenvalue weighted by Gasteiger charge is 2.31. The molecule has 1 aromatic heterocycles. The first-order valence-electron chi connectivity index (χ1n) is 11.5. The molecule has 1 aliphatic rings. The summed E-state index contributed by atoms with van der Waals surface area (Å²) in [6.45, 7) is 0.132. The summed E-state index contributed by atoms with van der Waals surface area (Å²) in [5.74, 6) is -0.784. The fourth-order valence-electron chi connectivity index (χ4n) is 3.99. The van der Waals surface area contributed by atoms with Crippen LogP contribution in [-0.2, 0) is 6.54 Å². The Morgan fingerprint density at radius 3 is 2.46 bits per heavy atom. The van der Waals surface area contributed by atoms with Gasteiger partial charge < -0.3 is 15.7 Å². The average molecular weight is 539 g/mol. The molecule has 3 N–H and O–H groups in total. The highest BCUT2D eigenvalue weighted by Crippen LogP contribution is 2.42. The number of hydrogen-bond acceptors (Lipinski definition) is 4. The maximum Gasteiger partial charge on any atom is 0.342 e. The van der Waals surface area contributed by atoms with Gasteiger partial charge in [0, 0.05) is 23.7 Å². The van der Waals surface area contributed by atoms with Gasteiger partial charge in [-0.1, -0.05) is 41.4 Å². The van der Waals surface area contributed by atoms with E-state index in [1.807, 2.05) is 0 Å². The van der Waals surface area contributed by atoms with Crippen molar-refractivity contribution in [3.63, 3.8) is 0 Å². The Hall–Kier alpha value is -3.88. The molecule has 1 saturated carbocycles. The van der Waals surface area contributed by atoms with Gasteiger partial charge in [0.2, 0.25) is 0 Å². The Morgan fingerprint density at radius 1 is 1.03 bits per heavy atom. The molecule has 0 unspecified atom stereocenters. The van der Waals surface area contributed by atoms with Crippen LogP contribution in [0, 0.1) is 5.82 Å². The number of carbonyl (C=O) groups excluding carboxylic acids is 2. The van der Waals surface area contributed by atoms with E-state index in [-0.39, 0.29) is 39.6 Å². The number of halogens is 3. The Morgan fingerprint density at radius 2 is 1.76 bits per heavy atom. The zero-order valence-electron chi connectivity index (χ0n) is 19.3. The van der Waals surface area contributed by atoms with E-state index in [2.05, 4.69) is 15.7 Å². The first kappa shape index (κ1) is 24.8. The summed E-state index contributed by atoms with van der Waals surface area (Å²) in [7, 11) is 0. The van der Waals surface area contributed by atoms with Gasteiger partial charge >= 0.3 is 6.03 Å². The smallest absolute Gasteiger partial charge is 0.342 e. The van der Waals surface area contributed by atoms with Crippen LogP contribution in [0.4, 0.5) is 14.9 Å². The molecule has 0 aliphatic heterocycles. The van der Waals surface area contributed by atoms with Crippen molar-refractivity contribution < 1.29 is 19.1 Å². The molecule has 1 aliphatic carbocycles. The maximum absolute atomic E-state index is 13.5. The minimum Gasteiger partial charge on any atom is -0.507 e. The second-order valence-electron chi connectivity index (χ2n) is 8.71. The van der Waals surface area contributed by atoms with Crippen LogP contribution in [0.1, 0.15) is 40.4 Å². The van der Waals surface area contributed by atoms with E-state index in [9.17, 15) is 19.1 Å². The van der Waals surface area contributed by atoms with Gasteiger partial charge in [-0.25, -0.2) is 9.18 Å². The standard InChI is InChI=1S/C27H21Cl2FN4O3/c28-20-5-2-6-21(29)25(20)26(36)32-18-9-10-24(35)19(12-18)22-13-23(16-7-8-16)34(33-22)27(37)31-14-15-3-1-4-17(30)11-15/h1-6,9-13,16,35H,7-8,14H2,(H,31,37)(H,32,36). The molecule has 10 heteroatoms. The van der Waals surface area contributed by atoms with Crippen molar-refractivity contribution in [3.05, 3.63) is 99.4 Å². The van der Waals surface area contributed by atoms with Crippen LogP contribution in [0.3, 0.4) is 0 Å². The van der Waals surface area contributed by atoms with Crippen molar-refractivity contribution in [2.24, 2.45) is 0 Å². The number of rotatable bonds is 6. The van der Waals surface area contributed by atoms with E-state index in [0.717, 1.165) is 12.8 Å². The van der Waals surface area contributed by atoms with E-state index in [1.54, 1.807) is 42.5 Å². The second kappa shape index (κ2) is 10.2. The molecule has 37 heavy (non-hydrogen) atoms. The molecule has 4 aromatic rings. The Kier molecular flexibility index (Phi) is 6.86. The fourth-order valence-corrected chi connectivity index (χ4v) is 4.56. The van der Waals surface area contributed by atoms with Crippen LogP contribution >= 0.6 is 23.2 Å². The highest BCUT2D eigenvalue weighted by atomic mass is 35.5. The molecule has 0 spiro atoms. The predicted octanol–water partition coefficient (Wildman–Crippen LogP) is 6.59. The van der Waals surface area contributed by atoms with Crippen LogP contribution in [0.25, 0.3) is 11.3 Å². The predicted molar refractivity (Wildman–Crippen MR) is 140 cm³/mol. The molecule has 0 bridgehead atoms. The molecule has 1 heterocycles. The van der Waals surface area contributed by atoms with Gasteiger partial charge in [0.25, 0.3) is 5.91 Å². The summed E-state index contributed by atoms with van der Waals surface area (Å²) in [6.07, 6.45) is 1.84. The number of aromatic nitrogens is 2. The van der Waals surface area contributed by atoms with Crippen molar-refractivity contribution in [3.8, 4) is 17.0 Å². The van der Waals surface area contributed by atoms with Crippen molar-refractivity contribution in [2.45, 2.75) is 25.3 Å². The first-order valence-corrected chi connectivity index (χ1v) is 12.3. The number of nitrogens with zero attached hydrogens (tertiary/aromatic N) is 2. The van der Waals surface area contributed by atoms with Gasteiger partial charge in [-0.2, -0.15) is 9.78 Å². The number of carbonyl (C=O) groups is 2. The van der Waals surface area contributed by atoms with E-state index < -0.39 is 11.9 Å². The third-order valence-electron chi connectivity index (χ3n) is 5.98. The second-order valence-corrected chi connectivity index (χ2v) is 9.53. The van der Waals surface area contributed by atoms with Gasteiger partial charge in [0.05, 0.1) is 27.0 Å². The van der Waals surface area contributed by atoms with Crippen LogP contribution in [0.2, 0.25) is 10.0 Å². The molecule has 7 nitrogen and oxygen atoms in total. The van der Waals surface area contributed by atoms with Crippen molar-refractivity contribution in [1.82, 2.24) is 15.1 Å². The monoisotopic (exact) mass is 538 g/mol. The largest absolute Gasteiger partial charge is 0.507 e. The molecular weight excluding hydrogens is 518 g/mol. The molecule has 0 atom stereocenters. The number of amides is 2. The number of benzene rings is 3. The Balaban J connectivity index is 1.40. The molecule has 0 saturated heterocycles. The van der Waals surface area contributed by atoms with Gasteiger partial charge in [-0.05, 0) is 66.9 Å². The summed E-state index contributed by atoms with van der Waals surface area (Å²) >= 11 is 12.3. The number of anilines is 1. The number of hydrogen-bond donors (Lipinski definition) is 3. The molecule has 188 valence electrons. The van der Waals surface area contributed by atoms with Crippen molar-refractivity contribution >= 4 is 40.8 Å². The fraction of sp³-hybridized carbons (Fsp3) is 0.148. The molecule has 1 fully saturated rings. The minimum atomic E-state index is -0.506. The summed E-state index contributed by atoms with van der Waals surface area (Å²) in [5.41, 5.74) is 2.55. The lowest BCUT2D eigenvalue weighted by Crippen LogP contribution is -2.30. The van der Waals surface area contributed by atoms with E-state index in [1.165, 1.54) is 28.9 Å².